The Kier molecular flexibility index (Phi) is 4.89. The maximum Gasteiger partial charge on any atom is 0.234 e. The summed E-state index contributed by atoms with van der Waals surface area (Å²) in [6.45, 7) is 1.97. The molecule has 0 radical (unpaired) electrons. The van der Waals surface area contributed by atoms with Gasteiger partial charge >= 0.3 is 0 Å². The third kappa shape index (κ3) is 4.06. The summed E-state index contributed by atoms with van der Waals surface area (Å²) in [6.07, 6.45) is 0. The Balaban J connectivity index is 1.63. The van der Waals surface area contributed by atoms with E-state index >= 15 is 0 Å². The van der Waals surface area contributed by atoms with E-state index in [0.717, 1.165) is 10.5 Å². The summed E-state index contributed by atoms with van der Waals surface area (Å²) < 4.78 is 0. The number of amides is 1. The van der Waals surface area contributed by atoms with Crippen LogP contribution in [0.1, 0.15) is 5.56 Å². The highest BCUT2D eigenvalue weighted by Crippen LogP contribution is 2.25. The number of thioether (sulfide) groups is 1. The minimum Gasteiger partial charge on any atom is -0.324 e. The van der Waals surface area contributed by atoms with Crippen LogP contribution in [0.3, 0.4) is 0 Å². The van der Waals surface area contributed by atoms with Crippen molar-refractivity contribution in [1.29, 1.82) is 0 Å². The third-order valence-corrected chi connectivity index (χ3v) is 4.80. The summed E-state index contributed by atoms with van der Waals surface area (Å²) >= 11 is 7.65. The van der Waals surface area contributed by atoms with Gasteiger partial charge in [0.05, 0.1) is 16.5 Å². The number of nitrogens with one attached hydrogen (secondary N) is 1. The van der Waals surface area contributed by atoms with Gasteiger partial charge in [-0.25, -0.2) is 0 Å². The van der Waals surface area contributed by atoms with Gasteiger partial charge in [-0.1, -0.05) is 48.0 Å². The summed E-state index contributed by atoms with van der Waals surface area (Å²) in [6, 6.07) is 20.0. The molecule has 0 aliphatic carbocycles. The van der Waals surface area contributed by atoms with Crippen molar-refractivity contribution in [2.75, 3.05) is 11.1 Å². The minimum absolute atomic E-state index is 0.0612. The number of carbonyl (C=O) groups excluding carboxylic acids is 1. The van der Waals surface area contributed by atoms with Crippen LogP contribution < -0.4 is 5.32 Å². The fourth-order valence-electron chi connectivity index (χ4n) is 2.31. The first kappa shape index (κ1) is 15.9. The lowest BCUT2D eigenvalue weighted by Gasteiger charge is -2.08. The molecule has 0 atom stereocenters. The molecule has 0 bridgehead atoms. The predicted octanol–water partition coefficient (Wildman–Crippen LogP) is 5.53. The van der Waals surface area contributed by atoms with E-state index in [4.69, 9.17) is 11.6 Å². The fourth-order valence-corrected chi connectivity index (χ4v) is 3.34. The van der Waals surface area contributed by atoms with E-state index in [0.29, 0.717) is 16.5 Å². The molecular formula is C19H16ClNOS. The molecule has 1 N–H and O–H groups in total. The van der Waals surface area contributed by atoms with Crippen LogP contribution >= 0.6 is 23.4 Å². The second-order valence-corrected chi connectivity index (χ2v) is 6.79. The molecule has 0 aliphatic rings. The Morgan fingerprint density at radius 2 is 1.83 bits per heavy atom. The monoisotopic (exact) mass is 341 g/mol. The molecule has 1 amide bonds. The van der Waals surface area contributed by atoms with Crippen molar-refractivity contribution in [3.05, 3.63) is 71.2 Å². The molecule has 0 aromatic heterocycles. The molecule has 3 aromatic rings. The SMILES string of the molecule is Cc1ccc(NC(=O)CSc2ccc3ccccc3c2)c(Cl)c1. The van der Waals surface area contributed by atoms with Crippen LogP contribution in [0, 0.1) is 6.92 Å². The molecular weight excluding hydrogens is 326 g/mol. The number of halogens is 1. The van der Waals surface area contributed by atoms with Gasteiger partial charge in [0.1, 0.15) is 0 Å². The number of anilines is 1. The maximum atomic E-state index is 12.1. The Labute approximate surface area is 144 Å². The van der Waals surface area contributed by atoms with Crippen LogP contribution in [0.4, 0.5) is 5.69 Å². The van der Waals surface area contributed by atoms with Crippen molar-refractivity contribution in [3.8, 4) is 0 Å². The average molecular weight is 342 g/mol. The fraction of sp³-hybridized carbons (Fsp3) is 0.105. The van der Waals surface area contributed by atoms with Crippen LogP contribution in [0.5, 0.6) is 0 Å². The van der Waals surface area contributed by atoms with Gasteiger partial charge in [0, 0.05) is 4.90 Å². The van der Waals surface area contributed by atoms with Crippen molar-refractivity contribution in [1.82, 2.24) is 0 Å². The molecule has 0 unspecified atom stereocenters. The van der Waals surface area contributed by atoms with E-state index in [2.05, 4.69) is 29.6 Å². The second-order valence-electron chi connectivity index (χ2n) is 5.33. The number of rotatable bonds is 4. The van der Waals surface area contributed by atoms with Gasteiger partial charge in [0.25, 0.3) is 0 Å². The van der Waals surface area contributed by atoms with E-state index in [1.807, 2.05) is 43.3 Å². The maximum absolute atomic E-state index is 12.1. The van der Waals surface area contributed by atoms with Gasteiger partial charge in [0.15, 0.2) is 0 Å². The largest absolute Gasteiger partial charge is 0.324 e. The number of fused-ring (bicyclic) bond motifs is 1. The van der Waals surface area contributed by atoms with E-state index in [9.17, 15) is 4.79 Å². The molecule has 0 fully saturated rings. The molecule has 3 aromatic carbocycles. The molecule has 4 heteroatoms. The van der Waals surface area contributed by atoms with Crippen LogP contribution in [0.25, 0.3) is 10.8 Å². The molecule has 116 valence electrons. The average Bonchev–Trinajstić information content (AvgIpc) is 2.55. The Morgan fingerprint density at radius 3 is 2.61 bits per heavy atom. The summed E-state index contributed by atoms with van der Waals surface area (Å²) in [7, 11) is 0. The lowest BCUT2D eigenvalue weighted by molar-refractivity contribution is -0.113. The van der Waals surface area contributed by atoms with Crippen molar-refractivity contribution >= 4 is 45.7 Å². The molecule has 0 saturated carbocycles. The highest BCUT2D eigenvalue weighted by molar-refractivity contribution is 8.00. The summed E-state index contributed by atoms with van der Waals surface area (Å²) in [5.74, 6) is 0.289. The van der Waals surface area contributed by atoms with E-state index in [-0.39, 0.29) is 5.91 Å². The normalized spacial score (nSPS) is 10.7. The number of hydrogen-bond acceptors (Lipinski definition) is 2. The summed E-state index contributed by atoms with van der Waals surface area (Å²) in [5, 5.41) is 5.80. The predicted molar refractivity (Wildman–Crippen MR) is 99.5 cm³/mol. The lowest BCUT2D eigenvalue weighted by atomic mass is 10.1. The van der Waals surface area contributed by atoms with Gasteiger partial charge in [0.2, 0.25) is 5.91 Å². The number of benzene rings is 3. The van der Waals surface area contributed by atoms with Crippen molar-refractivity contribution in [2.24, 2.45) is 0 Å². The molecule has 23 heavy (non-hydrogen) atoms. The highest BCUT2D eigenvalue weighted by Gasteiger charge is 2.07. The van der Waals surface area contributed by atoms with Crippen LogP contribution in [-0.2, 0) is 4.79 Å². The van der Waals surface area contributed by atoms with Crippen LogP contribution in [0.15, 0.2) is 65.6 Å². The van der Waals surface area contributed by atoms with Crippen LogP contribution in [-0.4, -0.2) is 11.7 Å². The van der Waals surface area contributed by atoms with Crippen molar-refractivity contribution < 1.29 is 4.79 Å². The highest BCUT2D eigenvalue weighted by atomic mass is 35.5. The van der Waals surface area contributed by atoms with Crippen molar-refractivity contribution in [3.63, 3.8) is 0 Å². The minimum atomic E-state index is -0.0612. The molecule has 0 saturated heterocycles. The molecule has 3 rings (SSSR count). The number of carbonyl (C=O) groups is 1. The van der Waals surface area contributed by atoms with Gasteiger partial charge in [-0.15, -0.1) is 11.8 Å². The molecule has 0 heterocycles. The second kappa shape index (κ2) is 7.07. The first-order valence-corrected chi connectivity index (χ1v) is 8.66. The zero-order valence-corrected chi connectivity index (χ0v) is 14.2. The summed E-state index contributed by atoms with van der Waals surface area (Å²) in [4.78, 5) is 13.2. The van der Waals surface area contributed by atoms with Gasteiger partial charge in [-0.2, -0.15) is 0 Å². The first-order chi connectivity index (χ1) is 11.1. The topological polar surface area (TPSA) is 29.1 Å². The quantitative estimate of drug-likeness (QED) is 0.632. The summed E-state index contributed by atoms with van der Waals surface area (Å²) in [5.41, 5.74) is 1.72. The van der Waals surface area contributed by atoms with Gasteiger partial charge in [-0.05, 0) is 47.5 Å². The molecule has 0 spiro atoms. The Hall–Kier alpha value is -1.97. The standard InChI is InChI=1S/C19H16ClNOS/c1-13-6-9-18(17(20)10-13)21-19(22)12-23-16-8-7-14-4-2-3-5-15(14)11-16/h2-11H,12H2,1H3,(H,21,22). The number of hydrogen-bond donors (Lipinski definition) is 1. The van der Waals surface area contributed by atoms with E-state index in [1.54, 1.807) is 0 Å². The zero-order chi connectivity index (χ0) is 16.2. The Bertz CT molecular complexity index is 863. The van der Waals surface area contributed by atoms with Crippen LogP contribution in [0.2, 0.25) is 5.02 Å². The third-order valence-electron chi connectivity index (χ3n) is 3.49. The Morgan fingerprint density at radius 1 is 1.04 bits per heavy atom. The first-order valence-electron chi connectivity index (χ1n) is 7.29. The number of aryl methyl sites for hydroxylation is 1. The zero-order valence-electron chi connectivity index (χ0n) is 12.7. The molecule has 0 aliphatic heterocycles. The molecule has 2 nitrogen and oxygen atoms in total. The van der Waals surface area contributed by atoms with E-state index < -0.39 is 0 Å². The van der Waals surface area contributed by atoms with Gasteiger partial charge < -0.3 is 5.32 Å². The smallest absolute Gasteiger partial charge is 0.234 e. The van der Waals surface area contributed by atoms with E-state index in [1.165, 1.54) is 22.5 Å². The van der Waals surface area contributed by atoms with Crippen molar-refractivity contribution in [2.45, 2.75) is 11.8 Å². The lowest BCUT2D eigenvalue weighted by Crippen LogP contribution is -2.14. The van der Waals surface area contributed by atoms with Gasteiger partial charge in [-0.3, -0.25) is 4.79 Å².